The van der Waals surface area contributed by atoms with Gasteiger partial charge in [-0.15, -0.1) is 11.3 Å². The summed E-state index contributed by atoms with van der Waals surface area (Å²) in [6.07, 6.45) is 0. The second-order valence-corrected chi connectivity index (χ2v) is 4.46. The van der Waals surface area contributed by atoms with E-state index in [0.29, 0.717) is 4.88 Å². The van der Waals surface area contributed by atoms with Crippen molar-refractivity contribution >= 4 is 28.2 Å². The molecule has 2 nitrogen and oxygen atoms in total. The first-order valence-corrected chi connectivity index (χ1v) is 5.89. The van der Waals surface area contributed by atoms with Crippen molar-refractivity contribution in [2.24, 2.45) is 0 Å². The molecule has 0 saturated carbocycles. The zero-order valence-electron chi connectivity index (χ0n) is 8.57. The number of ether oxygens (including phenoxy) is 1. The van der Waals surface area contributed by atoms with Crippen LogP contribution in [0.3, 0.4) is 0 Å². The lowest BCUT2D eigenvalue weighted by Gasteiger charge is -2.00. The number of carbonyl (C=O) groups is 1. The molecule has 0 unspecified atom stereocenters. The molecule has 0 N–H and O–H groups in total. The summed E-state index contributed by atoms with van der Waals surface area (Å²) >= 11 is 6.75. The average molecular weight is 253 g/mol. The molecule has 2 aromatic rings. The van der Waals surface area contributed by atoms with Crippen LogP contribution in [0.5, 0.6) is 5.75 Å². The Morgan fingerprint density at radius 2 is 1.94 bits per heavy atom. The van der Waals surface area contributed by atoms with Gasteiger partial charge in [0, 0.05) is 0 Å². The van der Waals surface area contributed by atoms with Crippen molar-refractivity contribution in [2.75, 3.05) is 7.11 Å². The summed E-state index contributed by atoms with van der Waals surface area (Å²) in [6.45, 7) is 0. The summed E-state index contributed by atoms with van der Waals surface area (Å²) in [4.78, 5) is 11.5. The van der Waals surface area contributed by atoms with Crippen molar-refractivity contribution in [1.82, 2.24) is 0 Å². The molecule has 1 aromatic heterocycles. The molecule has 2 rings (SSSR count). The van der Waals surface area contributed by atoms with Crippen molar-refractivity contribution in [3.63, 3.8) is 0 Å². The third-order valence-electron chi connectivity index (χ3n) is 2.22. The van der Waals surface area contributed by atoms with Gasteiger partial charge < -0.3 is 4.74 Å². The fraction of sp³-hybridized carbons (Fsp3) is 0.0833. The van der Waals surface area contributed by atoms with Gasteiger partial charge in [-0.05, 0) is 46.3 Å². The quantitative estimate of drug-likeness (QED) is 0.777. The van der Waals surface area contributed by atoms with Gasteiger partial charge in [0.1, 0.15) is 5.75 Å². The van der Waals surface area contributed by atoms with E-state index < -0.39 is 5.24 Å². The SMILES string of the molecule is COc1ccc(-c2csc(C(=O)Cl)c2)cc1. The number of hydrogen-bond donors (Lipinski definition) is 0. The van der Waals surface area contributed by atoms with Gasteiger partial charge in [0.05, 0.1) is 12.0 Å². The van der Waals surface area contributed by atoms with Crippen LogP contribution < -0.4 is 4.74 Å². The Labute approximate surface area is 102 Å². The Morgan fingerprint density at radius 3 is 2.44 bits per heavy atom. The lowest BCUT2D eigenvalue weighted by Crippen LogP contribution is -1.82. The Kier molecular flexibility index (Phi) is 3.27. The smallest absolute Gasteiger partial charge is 0.262 e. The fourth-order valence-corrected chi connectivity index (χ4v) is 2.31. The van der Waals surface area contributed by atoms with Crippen LogP contribution in [-0.2, 0) is 0 Å². The molecule has 16 heavy (non-hydrogen) atoms. The summed E-state index contributed by atoms with van der Waals surface area (Å²) in [5.74, 6) is 0.813. The monoisotopic (exact) mass is 252 g/mol. The van der Waals surface area contributed by atoms with Crippen molar-refractivity contribution in [2.45, 2.75) is 0 Å². The van der Waals surface area contributed by atoms with E-state index in [-0.39, 0.29) is 0 Å². The number of thiophene rings is 1. The molecule has 0 aliphatic rings. The Balaban J connectivity index is 2.31. The first-order chi connectivity index (χ1) is 7.70. The van der Waals surface area contributed by atoms with Crippen LogP contribution in [0.1, 0.15) is 9.67 Å². The van der Waals surface area contributed by atoms with Crippen LogP contribution in [0.25, 0.3) is 11.1 Å². The Hall–Kier alpha value is -1.32. The fourth-order valence-electron chi connectivity index (χ4n) is 1.37. The van der Waals surface area contributed by atoms with Crippen molar-refractivity contribution in [1.29, 1.82) is 0 Å². The highest BCUT2D eigenvalue weighted by Gasteiger charge is 2.07. The molecule has 0 radical (unpaired) electrons. The van der Waals surface area contributed by atoms with Crippen LogP contribution in [-0.4, -0.2) is 12.4 Å². The molecular formula is C12H9ClO2S. The maximum absolute atomic E-state index is 10.9. The third kappa shape index (κ3) is 2.26. The lowest BCUT2D eigenvalue weighted by molar-refractivity contribution is 0.108. The predicted octanol–water partition coefficient (Wildman–Crippen LogP) is 3.80. The minimum absolute atomic E-state index is 0.412. The summed E-state index contributed by atoms with van der Waals surface area (Å²) in [7, 11) is 1.63. The second kappa shape index (κ2) is 4.68. The third-order valence-corrected chi connectivity index (χ3v) is 3.46. The van der Waals surface area contributed by atoms with Gasteiger partial charge in [-0.25, -0.2) is 0 Å². The van der Waals surface area contributed by atoms with E-state index in [1.165, 1.54) is 11.3 Å². The van der Waals surface area contributed by atoms with E-state index >= 15 is 0 Å². The van der Waals surface area contributed by atoms with Crippen LogP contribution >= 0.6 is 22.9 Å². The molecule has 0 amide bonds. The molecule has 0 aliphatic carbocycles. The molecule has 0 aliphatic heterocycles. The topological polar surface area (TPSA) is 26.3 Å². The van der Waals surface area contributed by atoms with Gasteiger partial charge in [-0.1, -0.05) is 12.1 Å². The number of methoxy groups -OCH3 is 1. The minimum Gasteiger partial charge on any atom is -0.497 e. The molecule has 1 aromatic carbocycles. The lowest BCUT2D eigenvalue weighted by atomic mass is 10.1. The summed E-state index contributed by atoms with van der Waals surface area (Å²) < 4.78 is 5.08. The van der Waals surface area contributed by atoms with Crippen LogP contribution in [0.4, 0.5) is 0 Å². The van der Waals surface area contributed by atoms with Crippen molar-refractivity contribution in [3.05, 3.63) is 40.6 Å². The van der Waals surface area contributed by atoms with Gasteiger partial charge in [0.2, 0.25) is 0 Å². The van der Waals surface area contributed by atoms with E-state index in [0.717, 1.165) is 16.9 Å². The highest BCUT2D eigenvalue weighted by Crippen LogP contribution is 2.27. The van der Waals surface area contributed by atoms with Crippen LogP contribution in [0, 0.1) is 0 Å². The zero-order valence-corrected chi connectivity index (χ0v) is 10.1. The first kappa shape index (κ1) is 11.2. The normalized spacial score (nSPS) is 10.1. The summed E-state index contributed by atoms with van der Waals surface area (Å²) in [6, 6.07) is 9.46. The zero-order chi connectivity index (χ0) is 11.5. The van der Waals surface area contributed by atoms with E-state index in [9.17, 15) is 4.79 Å². The Morgan fingerprint density at radius 1 is 1.25 bits per heavy atom. The number of hydrogen-bond acceptors (Lipinski definition) is 3. The van der Waals surface area contributed by atoms with E-state index in [1.807, 2.05) is 29.6 Å². The summed E-state index contributed by atoms with van der Waals surface area (Å²) in [5, 5.41) is 1.50. The van der Waals surface area contributed by atoms with Crippen molar-refractivity contribution in [3.8, 4) is 16.9 Å². The average Bonchev–Trinajstić information content (AvgIpc) is 2.78. The van der Waals surface area contributed by atoms with E-state index in [4.69, 9.17) is 16.3 Å². The highest BCUT2D eigenvalue weighted by molar-refractivity contribution is 7.14. The second-order valence-electron chi connectivity index (χ2n) is 3.20. The highest BCUT2D eigenvalue weighted by atomic mass is 35.5. The predicted molar refractivity (Wildman–Crippen MR) is 66.5 cm³/mol. The Bertz CT molecular complexity index is 502. The number of halogens is 1. The summed E-state index contributed by atoms with van der Waals surface area (Å²) in [5.41, 5.74) is 2.04. The number of carbonyl (C=O) groups excluding carboxylic acids is 1. The molecular weight excluding hydrogens is 244 g/mol. The van der Waals surface area contributed by atoms with Crippen LogP contribution in [0.2, 0.25) is 0 Å². The maximum atomic E-state index is 10.9. The van der Waals surface area contributed by atoms with Gasteiger partial charge in [0.25, 0.3) is 5.24 Å². The van der Waals surface area contributed by atoms with Crippen molar-refractivity contribution < 1.29 is 9.53 Å². The van der Waals surface area contributed by atoms with Gasteiger partial charge in [0.15, 0.2) is 0 Å². The minimum atomic E-state index is -0.412. The molecule has 0 fully saturated rings. The molecule has 0 atom stereocenters. The molecule has 4 heteroatoms. The van der Waals surface area contributed by atoms with Gasteiger partial charge >= 0.3 is 0 Å². The standard InChI is InChI=1S/C12H9ClO2S/c1-15-10-4-2-8(3-5-10)9-6-11(12(13)14)16-7-9/h2-7H,1H3. The molecule has 0 saturated heterocycles. The van der Waals surface area contributed by atoms with E-state index in [2.05, 4.69) is 0 Å². The van der Waals surface area contributed by atoms with Gasteiger partial charge in [-0.3, -0.25) is 4.79 Å². The maximum Gasteiger partial charge on any atom is 0.262 e. The largest absolute Gasteiger partial charge is 0.497 e. The van der Waals surface area contributed by atoms with Gasteiger partial charge in [-0.2, -0.15) is 0 Å². The van der Waals surface area contributed by atoms with E-state index in [1.54, 1.807) is 13.2 Å². The molecule has 0 spiro atoms. The molecule has 0 bridgehead atoms. The first-order valence-electron chi connectivity index (χ1n) is 4.63. The van der Waals surface area contributed by atoms with Crippen LogP contribution in [0.15, 0.2) is 35.7 Å². The number of rotatable bonds is 3. The number of benzene rings is 1. The molecule has 82 valence electrons. The molecule has 1 heterocycles.